The predicted molar refractivity (Wildman–Crippen MR) is 80.8 cm³/mol. The number of methoxy groups -OCH3 is 1. The first-order chi connectivity index (χ1) is 10.0. The summed E-state index contributed by atoms with van der Waals surface area (Å²) in [5.74, 6) is -0.115. The second-order valence-corrected chi connectivity index (χ2v) is 5.26. The fourth-order valence-corrected chi connectivity index (χ4v) is 2.31. The van der Waals surface area contributed by atoms with E-state index >= 15 is 0 Å². The molecule has 0 aliphatic heterocycles. The third-order valence-corrected chi connectivity index (χ3v) is 3.43. The number of nitrogens with one attached hydrogen (secondary N) is 1. The third kappa shape index (κ3) is 3.78. The number of amides is 1. The van der Waals surface area contributed by atoms with Crippen LogP contribution in [0.5, 0.6) is 5.75 Å². The molecule has 0 aliphatic rings. The van der Waals surface area contributed by atoms with E-state index in [0.29, 0.717) is 21.5 Å². The van der Waals surface area contributed by atoms with Gasteiger partial charge in [0.25, 0.3) is 5.91 Å². The van der Waals surface area contributed by atoms with Crippen molar-refractivity contribution in [2.45, 2.75) is 13.0 Å². The quantitative estimate of drug-likeness (QED) is 0.857. The molecule has 1 atom stereocenters. The molecular weight excluding hydrogens is 339 g/mol. The minimum Gasteiger partial charge on any atom is -0.496 e. The molecule has 1 aromatic carbocycles. The summed E-state index contributed by atoms with van der Waals surface area (Å²) < 4.78 is 19.1. The maximum atomic E-state index is 13.4. The molecule has 2 aromatic rings. The molecule has 110 valence electrons. The van der Waals surface area contributed by atoms with Gasteiger partial charge in [-0.1, -0.05) is 0 Å². The molecule has 1 amide bonds. The number of hydrogen-bond acceptors (Lipinski definition) is 3. The lowest BCUT2D eigenvalue weighted by atomic mass is 10.1. The number of aromatic nitrogens is 1. The van der Waals surface area contributed by atoms with Gasteiger partial charge in [-0.2, -0.15) is 0 Å². The zero-order chi connectivity index (χ0) is 15.4. The first kappa shape index (κ1) is 15.4. The normalized spacial score (nSPS) is 11.8. The maximum Gasteiger partial charge on any atom is 0.251 e. The van der Waals surface area contributed by atoms with Crippen LogP contribution in [0.4, 0.5) is 4.39 Å². The Labute approximate surface area is 130 Å². The average molecular weight is 353 g/mol. The molecule has 4 nitrogen and oxygen atoms in total. The number of carbonyl (C=O) groups excluding carboxylic acids is 1. The molecular formula is C15H14BrFN2O2. The Balaban J connectivity index is 2.20. The Morgan fingerprint density at radius 1 is 1.38 bits per heavy atom. The van der Waals surface area contributed by atoms with Gasteiger partial charge in [0, 0.05) is 17.3 Å². The predicted octanol–water partition coefficient (Wildman–Crippen LogP) is 3.48. The maximum absolute atomic E-state index is 13.4. The molecule has 0 fully saturated rings. The summed E-state index contributed by atoms with van der Waals surface area (Å²) in [7, 11) is 1.51. The average Bonchev–Trinajstić information content (AvgIpc) is 2.47. The summed E-state index contributed by atoms with van der Waals surface area (Å²) >= 11 is 3.21. The lowest BCUT2D eigenvalue weighted by molar-refractivity contribution is 0.0939. The molecule has 1 unspecified atom stereocenters. The van der Waals surface area contributed by atoms with Crippen molar-refractivity contribution in [1.29, 1.82) is 0 Å². The second kappa shape index (κ2) is 6.67. The van der Waals surface area contributed by atoms with Crippen molar-refractivity contribution in [2.24, 2.45) is 0 Å². The van der Waals surface area contributed by atoms with Gasteiger partial charge in [-0.05, 0) is 53.2 Å². The van der Waals surface area contributed by atoms with E-state index in [1.165, 1.54) is 31.5 Å². The fraction of sp³-hybridized carbons (Fsp3) is 0.200. The van der Waals surface area contributed by atoms with Gasteiger partial charge in [0.15, 0.2) is 0 Å². The molecule has 0 saturated heterocycles. The highest BCUT2D eigenvalue weighted by Gasteiger charge is 2.16. The number of benzene rings is 1. The number of hydrogen-bond donors (Lipinski definition) is 1. The van der Waals surface area contributed by atoms with Crippen molar-refractivity contribution in [1.82, 2.24) is 10.3 Å². The number of halogens is 2. The van der Waals surface area contributed by atoms with Crippen molar-refractivity contribution < 1.29 is 13.9 Å². The van der Waals surface area contributed by atoms with Crippen LogP contribution in [0, 0.1) is 5.82 Å². The van der Waals surface area contributed by atoms with Gasteiger partial charge >= 0.3 is 0 Å². The van der Waals surface area contributed by atoms with Gasteiger partial charge in [0.2, 0.25) is 0 Å². The number of carbonyl (C=O) groups is 1. The highest BCUT2D eigenvalue weighted by Crippen LogP contribution is 2.26. The second-order valence-electron chi connectivity index (χ2n) is 4.45. The Kier molecular flexibility index (Phi) is 4.90. The summed E-state index contributed by atoms with van der Waals surface area (Å²) in [5, 5.41) is 2.81. The summed E-state index contributed by atoms with van der Waals surface area (Å²) in [5.41, 5.74) is 1.05. The third-order valence-electron chi connectivity index (χ3n) is 2.99. The van der Waals surface area contributed by atoms with Gasteiger partial charge in [0.1, 0.15) is 16.2 Å². The Bertz CT molecular complexity index is 664. The van der Waals surface area contributed by atoms with Crippen molar-refractivity contribution in [2.75, 3.05) is 7.11 Å². The summed E-state index contributed by atoms with van der Waals surface area (Å²) in [6.07, 6.45) is 1.53. The number of nitrogens with zero attached hydrogens (tertiary/aromatic N) is 1. The molecule has 0 spiro atoms. The van der Waals surface area contributed by atoms with E-state index in [2.05, 4.69) is 26.2 Å². The SMILES string of the molecule is COc1ccc(F)cc1C(C)NC(=O)c1ccnc(Br)c1. The zero-order valence-corrected chi connectivity index (χ0v) is 13.1. The molecule has 0 aliphatic carbocycles. The van der Waals surface area contributed by atoms with E-state index in [4.69, 9.17) is 4.74 Å². The van der Waals surface area contributed by atoms with Crippen molar-refractivity contribution in [3.63, 3.8) is 0 Å². The molecule has 0 bridgehead atoms. The number of pyridine rings is 1. The molecule has 2 rings (SSSR count). The van der Waals surface area contributed by atoms with Gasteiger partial charge in [-0.25, -0.2) is 9.37 Å². The summed E-state index contributed by atoms with van der Waals surface area (Å²) in [6.45, 7) is 1.77. The van der Waals surface area contributed by atoms with Crippen LogP contribution in [0.3, 0.4) is 0 Å². The molecule has 1 aromatic heterocycles. The van der Waals surface area contributed by atoms with Crippen molar-refractivity contribution >= 4 is 21.8 Å². The molecule has 6 heteroatoms. The van der Waals surface area contributed by atoms with Crippen LogP contribution < -0.4 is 10.1 Å². The Morgan fingerprint density at radius 3 is 2.81 bits per heavy atom. The van der Waals surface area contributed by atoms with E-state index < -0.39 is 6.04 Å². The zero-order valence-electron chi connectivity index (χ0n) is 11.6. The minimum atomic E-state index is -0.393. The fourth-order valence-electron chi connectivity index (χ4n) is 1.95. The molecule has 1 N–H and O–H groups in total. The van der Waals surface area contributed by atoms with Crippen LogP contribution in [-0.4, -0.2) is 18.0 Å². The van der Waals surface area contributed by atoms with Gasteiger partial charge in [0.05, 0.1) is 13.2 Å². The summed E-state index contributed by atoms with van der Waals surface area (Å²) in [6, 6.07) is 7.04. The molecule has 0 saturated carbocycles. The van der Waals surface area contributed by atoms with Crippen molar-refractivity contribution in [3.05, 3.63) is 58.1 Å². The van der Waals surface area contributed by atoms with Crippen LogP contribution in [0.15, 0.2) is 41.1 Å². The molecule has 0 radical (unpaired) electrons. The van der Waals surface area contributed by atoms with Crippen LogP contribution in [0.1, 0.15) is 28.9 Å². The first-order valence-corrected chi connectivity index (χ1v) is 7.06. The van der Waals surface area contributed by atoms with E-state index in [9.17, 15) is 9.18 Å². The lowest BCUT2D eigenvalue weighted by Crippen LogP contribution is -2.27. The van der Waals surface area contributed by atoms with Gasteiger partial charge in [-0.15, -0.1) is 0 Å². The highest BCUT2D eigenvalue weighted by molar-refractivity contribution is 9.10. The largest absolute Gasteiger partial charge is 0.496 e. The standard InChI is InChI=1S/C15H14BrFN2O2/c1-9(12-8-11(17)3-4-13(12)21-2)19-15(20)10-5-6-18-14(16)7-10/h3-9H,1-2H3,(H,19,20). The minimum absolute atomic E-state index is 0.267. The monoisotopic (exact) mass is 352 g/mol. The van der Waals surface area contributed by atoms with Crippen LogP contribution in [0.2, 0.25) is 0 Å². The van der Waals surface area contributed by atoms with Gasteiger partial charge in [-0.3, -0.25) is 4.79 Å². The lowest BCUT2D eigenvalue weighted by Gasteiger charge is -2.17. The van der Waals surface area contributed by atoms with Crippen LogP contribution in [-0.2, 0) is 0 Å². The number of ether oxygens (including phenoxy) is 1. The highest BCUT2D eigenvalue weighted by atomic mass is 79.9. The Morgan fingerprint density at radius 2 is 2.14 bits per heavy atom. The number of rotatable bonds is 4. The topological polar surface area (TPSA) is 51.2 Å². The first-order valence-electron chi connectivity index (χ1n) is 6.27. The smallest absolute Gasteiger partial charge is 0.251 e. The summed E-state index contributed by atoms with van der Waals surface area (Å²) in [4.78, 5) is 16.1. The van der Waals surface area contributed by atoms with Crippen LogP contribution in [0.25, 0.3) is 0 Å². The van der Waals surface area contributed by atoms with Crippen LogP contribution >= 0.6 is 15.9 Å². The molecule has 21 heavy (non-hydrogen) atoms. The van der Waals surface area contributed by atoms with Gasteiger partial charge < -0.3 is 10.1 Å². The van der Waals surface area contributed by atoms with E-state index in [-0.39, 0.29) is 11.7 Å². The van der Waals surface area contributed by atoms with E-state index in [1.807, 2.05) is 0 Å². The Hall–Kier alpha value is -1.95. The van der Waals surface area contributed by atoms with E-state index in [1.54, 1.807) is 19.1 Å². The van der Waals surface area contributed by atoms with Crippen molar-refractivity contribution in [3.8, 4) is 5.75 Å². The molecule has 1 heterocycles. The van der Waals surface area contributed by atoms with E-state index in [0.717, 1.165) is 0 Å².